The van der Waals surface area contributed by atoms with Gasteiger partial charge in [-0.05, 0) is 12.1 Å². The summed E-state index contributed by atoms with van der Waals surface area (Å²) in [6.07, 6.45) is 0. The number of para-hydroxylation sites is 2. The zero-order valence-electron chi connectivity index (χ0n) is 14.6. The molecule has 3 aromatic rings. The first-order chi connectivity index (χ1) is 13.6. The van der Waals surface area contributed by atoms with Gasteiger partial charge >= 0.3 is 0 Å². The van der Waals surface area contributed by atoms with Gasteiger partial charge in [0, 0.05) is 33.2 Å². The Labute approximate surface area is 165 Å². The van der Waals surface area contributed by atoms with Crippen molar-refractivity contribution in [3.8, 4) is 0 Å². The fourth-order valence-electron chi connectivity index (χ4n) is 3.78. The molecule has 0 amide bonds. The number of benzene rings is 3. The second kappa shape index (κ2) is 6.35. The molecule has 1 heterocycles. The Kier molecular flexibility index (Phi) is 3.80. The van der Waals surface area contributed by atoms with Crippen LogP contribution in [0.5, 0.6) is 0 Å². The van der Waals surface area contributed by atoms with Crippen LogP contribution in [0.25, 0.3) is 5.70 Å². The maximum absolute atomic E-state index is 13.3. The number of thioether (sulfide) groups is 1. The van der Waals surface area contributed by atoms with Crippen molar-refractivity contribution >= 4 is 34.6 Å². The van der Waals surface area contributed by atoms with Gasteiger partial charge in [-0.15, -0.1) is 11.8 Å². The van der Waals surface area contributed by atoms with E-state index >= 15 is 0 Å². The molecule has 136 valence electrons. The molecule has 6 heteroatoms. The maximum Gasteiger partial charge on any atom is 0.274 e. The van der Waals surface area contributed by atoms with Gasteiger partial charge in [-0.2, -0.15) is 0 Å². The average molecular weight is 386 g/mol. The Morgan fingerprint density at radius 2 is 1.57 bits per heavy atom. The van der Waals surface area contributed by atoms with Crippen molar-refractivity contribution in [1.82, 2.24) is 0 Å². The molecule has 0 saturated carbocycles. The molecule has 0 bridgehead atoms. The van der Waals surface area contributed by atoms with Crippen LogP contribution in [-0.4, -0.2) is 10.7 Å². The van der Waals surface area contributed by atoms with Crippen LogP contribution < -0.4 is 5.32 Å². The summed E-state index contributed by atoms with van der Waals surface area (Å²) in [5.74, 6) is -0.0819. The Hall–Kier alpha value is -3.38. The highest BCUT2D eigenvalue weighted by atomic mass is 32.2. The SMILES string of the molecule is O=C1C2=C(Nc3ccccc3S[C@H]2c2ccccc2[N+](=O)[O-])c2ccccc21. The van der Waals surface area contributed by atoms with Gasteiger partial charge < -0.3 is 5.32 Å². The number of nitrogens with zero attached hydrogens (tertiary/aromatic N) is 1. The van der Waals surface area contributed by atoms with Gasteiger partial charge in [0.2, 0.25) is 0 Å². The number of nitro groups is 1. The first-order valence-corrected chi connectivity index (χ1v) is 9.67. The number of hydrogen-bond donors (Lipinski definition) is 1. The first-order valence-electron chi connectivity index (χ1n) is 8.79. The Morgan fingerprint density at radius 3 is 2.39 bits per heavy atom. The number of carbonyl (C=O) groups excluding carboxylic acids is 1. The largest absolute Gasteiger partial charge is 0.354 e. The lowest BCUT2D eigenvalue weighted by molar-refractivity contribution is -0.385. The van der Waals surface area contributed by atoms with Crippen LogP contribution in [-0.2, 0) is 0 Å². The summed E-state index contributed by atoms with van der Waals surface area (Å²) in [5.41, 5.74) is 4.22. The second-order valence-corrected chi connectivity index (χ2v) is 7.75. The van der Waals surface area contributed by atoms with Gasteiger partial charge in [0.25, 0.3) is 5.69 Å². The standard InChI is InChI=1S/C22H14N2O3S/c25-21-14-8-2-1-7-13(14)20-19(21)22(15-9-3-5-11-17(15)24(26)27)28-18-12-6-4-10-16(18)23-20/h1-12,22-23H/t22-/m0/s1. The van der Waals surface area contributed by atoms with E-state index in [1.54, 1.807) is 24.3 Å². The Bertz CT molecular complexity index is 1190. The molecule has 0 aromatic heterocycles. The van der Waals surface area contributed by atoms with E-state index in [2.05, 4.69) is 5.32 Å². The minimum absolute atomic E-state index is 0.0231. The molecule has 0 radical (unpaired) electrons. The van der Waals surface area contributed by atoms with E-state index in [0.29, 0.717) is 16.7 Å². The fourth-order valence-corrected chi connectivity index (χ4v) is 5.10. The van der Waals surface area contributed by atoms with Gasteiger partial charge in [-0.25, -0.2) is 0 Å². The number of anilines is 1. The van der Waals surface area contributed by atoms with Gasteiger partial charge in [0.15, 0.2) is 5.78 Å². The van der Waals surface area contributed by atoms with Crippen LogP contribution in [0.4, 0.5) is 11.4 Å². The van der Waals surface area contributed by atoms with E-state index in [0.717, 1.165) is 21.8 Å². The smallest absolute Gasteiger partial charge is 0.274 e. The number of fused-ring (bicyclic) bond motifs is 3. The van der Waals surface area contributed by atoms with Crippen molar-refractivity contribution in [2.75, 3.05) is 5.32 Å². The lowest BCUT2D eigenvalue weighted by atomic mass is 9.99. The van der Waals surface area contributed by atoms with Crippen molar-refractivity contribution in [2.45, 2.75) is 10.1 Å². The number of Topliss-reactive ketones (excluding diaryl/α,β-unsaturated/α-hetero) is 1. The summed E-state index contributed by atoms with van der Waals surface area (Å²) >= 11 is 1.47. The molecule has 1 aliphatic heterocycles. The summed E-state index contributed by atoms with van der Waals surface area (Å²) in [6.45, 7) is 0. The zero-order valence-corrected chi connectivity index (χ0v) is 15.4. The molecule has 3 aromatic carbocycles. The molecule has 0 unspecified atom stereocenters. The summed E-state index contributed by atoms with van der Waals surface area (Å²) < 4.78 is 0. The molecule has 1 aliphatic carbocycles. The van der Waals surface area contributed by atoms with Crippen molar-refractivity contribution in [3.05, 3.63) is 105 Å². The zero-order chi connectivity index (χ0) is 19.3. The van der Waals surface area contributed by atoms with Crippen LogP contribution in [0.3, 0.4) is 0 Å². The summed E-state index contributed by atoms with van der Waals surface area (Å²) in [7, 11) is 0. The molecule has 0 saturated heterocycles. The topological polar surface area (TPSA) is 72.2 Å². The van der Waals surface area contributed by atoms with E-state index in [9.17, 15) is 14.9 Å². The molecule has 0 spiro atoms. The number of rotatable bonds is 2. The van der Waals surface area contributed by atoms with E-state index in [-0.39, 0.29) is 16.4 Å². The first kappa shape index (κ1) is 16.8. The maximum atomic E-state index is 13.3. The summed E-state index contributed by atoms with van der Waals surface area (Å²) in [5, 5.41) is 14.6. The van der Waals surface area contributed by atoms with Gasteiger partial charge in [-0.3, -0.25) is 14.9 Å². The van der Waals surface area contributed by atoms with Crippen molar-refractivity contribution < 1.29 is 9.72 Å². The molecule has 1 N–H and O–H groups in total. The average Bonchev–Trinajstić information content (AvgIpc) is 2.89. The predicted octanol–water partition coefficient (Wildman–Crippen LogP) is 5.46. The highest BCUT2D eigenvalue weighted by Gasteiger charge is 2.40. The van der Waals surface area contributed by atoms with Gasteiger partial charge in [0.05, 0.1) is 21.6 Å². The number of ketones is 1. The number of nitrogens with one attached hydrogen (secondary N) is 1. The molecule has 5 rings (SSSR count). The van der Waals surface area contributed by atoms with Gasteiger partial charge in [-0.1, -0.05) is 54.6 Å². The number of carbonyl (C=O) groups is 1. The van der Waals surface area contributed by atoms with Crippen molar-refractivity contribution in [2.24, 2.45) is 0 Å². The molecule has 1 atom stereocenters. The lowest BCUT2D eigenvalue weighted by Crippen LogP contribution is -2.09. The molecule has 2 aliphatic rings. The van der Waals surface area contributed by atoms with Crippen LogP contribution in [0, 0.1) is 10.1 Å². The van der Waals surface area contributed by atoms with E-state index in [4.69, 9.17) is 0 Å². The van der Waals surface area contributed by atoms with E-state index in [1.165, 1.54) is 17.8 Å². The fraction of sp³-hybridized carbons (Fsp3) is 0.0455. The highest BCUT2D eigenvalue weighted by Crippen LogP contribution is 2.53. The monoisotopic (exact) mass is 386 g/mol. The Morgan fingerprint density at radius 1 is 0.893 bits per heavy atom. The quantitative estimate of drug-likeness (QED) is 0.468. The minimum atomic E-state index is -0.479. The summed E-state index contributed by atoms with van der Waals surface area (Å²) in [4.78, 5) is 25.6. The van der Waals surface area contributed by atoms with Gasteiger partial charge in [0.1, 0.15) is 0 Å². The van der Waals surface area contributed by atoms with Crippen LogP contribution >= 0.6 is 11.8 Å². The Balaban J connectivity index is 1.78. The molecular formula is C22H14N2O3S. The van der Waals surface area contributed by atoms with E-state index in [1.807, 2.05) is 42.5 Å². The molecule has 0 fully saturated rings. The lowest BCUT2D eigenvalue weighted by Gasteiger charge is -2.17. The molecule has 5 nitrogen and oxygen atoms in total. The molecule has 28 heavy (non-hydrogen) atoms. The minimum Gasteiger partial charge on any atom is -0.354 e. The number of nitro benzene ring substituents is 1. The van der Waals surface area contributed by atoms with E-state index < -0.39 is 5.25 Å². The van der Waals surface area contributed by atoms with Crippen LogP contribution in [0.15, 0.2) is 83.3 Å². The normalized spacial score (nSPS) is 17.3. The van der Waals surface area contributed by atoms with Crippen LogP contribution in [0.2, 0.25) is 0 Å². The van der Waals surface area contributed by atoms with Crippen molar-refractivity contribution in [1.29, 1.82) is 0 Å². The second-order valence-electron chi connectivity index (χ2n) is 6.60. The summed E-state index contributed by atoms with van der Waals surface area (Å²) in [6, 6.07) is 21.9. The third kappa shape index (κ3) is 2.46. The van der Waals surface area contributed by atoms with Crippen LogP contribution in [0.1, 0.15) is 26.7 Å². The van der Waals surface area contributed by atoms with Crippen molar-refractivity contribution in [3.63, 3.8) is 0 Å². The molecular weight excluding hydrogens is 372 g/mol. The third-order valence-electron chi connectivity index (χ3n) is 5.02. The third-order valence-corrected chi connectivity index (χ3v) is 6.36. The number of hydrogen-bond acceptors (Lipinski definition) is 5. The highest BCUT2D eigenvalue weighted by molar-refractivity contribution is 8.00. The predicted molar refractivity (Wildman–Crippen MR) is 109 cm³/mol.